The van der Waals surface area contributed by atoms with Crippen LogP contribution in [0.15, 0.2) is 47.8 Å². The number of halogens is 1. The molecular weight excluding hydrogens is 374 g/mol. The van der Waals surface area contributed by atoms with E-state index in [1.807, 2.05) is 12.1 Å². The standard InChI is InChI=1S/C18H12ClN3O3S/c19-11-3-1-10(2-4-11)18-22-14(9-26-18)17(24)20-12-5-6-15-13(7-12)21-16(23)8-25-15/h1-7,9H,8H2,(H,20,24)(H,21,23). The monoisotopic (exact) mass is 385 g/mol. The van der Waals surface area contributed by atoms with E-state index in [0.717, 1.165) is 10.6 Å². The highest BCUT2D eigenvalue weighted by Crippen LogP contribution is 2.31. The summed E-state index contributed by atoms with van der Waals surface area (Å²) in [5, 5.41) is 8.55. The molecule has 0 radical (unpaired) electrons. The smallest absolute Gasteiger partial charge is 0.275 e. The van der Waals surface area contributed by atoms with Gasteiger partial charge in [-0.05, 0) is 30.3 Å². The van der Waals surface area contributed by atoms with Gasteiger partial charge in [0.25, 0.3) is 11.8 Å². The second kappa shape index (κ2) is 6.78. The van der Waals surface area contributed by atoms with Crippen LogP contribution < -0.4 is 15.4 Å². The Bertz CT molecular complexity index is 1000. The van der Waals surface area contributed by atoms with Gasteiger partial charge in [-0.3, -0.25) is 9.59 Å². The summed E-state index contributed by atoms with van der Waals surface area (Å²) in [5.41, 5.74) is 2.28. The minimum Gasteiger partial charge on any atom is -0.482 e. The molecular formula is C18H12ClN3O3S. The van der Waals surface area contributed by atoms with Crippen molar-refractivity contribution in [3.63, 3.8) is 0 Å². The molecule has 130 valence electrons. The molecule has 26 heavy (non-hydrogen) atoms. The van der Waals surface area contributed by atoms with E-state index in [2.05, 4.69) is 15.6 Å². The summed E-state index contributed by atoms with van der Waals surface area (Å²) in [6.45, 7) is -0.00892. The molecule has 6 nitrogen and oxygen atoms in total. The van der Waals surface area contributed by atoms with Crippen LogP contribution in [0.4, 0.5) is 11.4 Å². The van der Waals surface area contributed by atoms with Gasteiger partial charge in [0.05, 0.1) is 5.69 Å². The number of anilines is 2. The molecule has 8 heteroatoms. The molecule has 2 amide bonds. The van der Waals surface area contributed by atoms with Crippen LogP contribution in [0.2, 0.25) is 5.02 Å². The lowest BCUT2D eigenvalue weighted by atomic mass is 10.2. The zero-order valence-corrected chi connectivity index (χ0v) is 14.9. The quantitative estimate of drug-likeness (QED) is 0.712. The normalized spacial score (nSPS) is 12.7. The third kappa shape index (κ3) is 3.40. The van der Waals surface area contributed by atoms with Gasteiger partial charge in [-0.15, -0.1) is 11.3 Å². The van der Waals surface area contributed by atoms with Gasteiger partial charge in [-0.25, -0.2) is 4.98 Å². The Balaban J connectivity index is 1.51. The van der Waals surface area contributed by atoms with Crippen LogP contribution in [-0.4, -0.2) is 23.4 Å². The molecule has 0 spiro atoms. The summed E-state index contributed by atoms with van der Waals surface area (Å²) in [7, 11) is 0. The molecule has 0 fully saturated rings. The first kappa shape index (κ1) is 16.6. The van der Waals surface area contributed by atoms with Crippen LogP contribution in [0, 0.1) is 0 Å². The highest BCUT2D eigenvalue weighted by molar-refractivity contribution is 7.13. The molecule has 0 aliphatic carbocycles. The minimum absolute atomic E-state index is 0.00892. The van der Waals surface area contributed by atoms with Crippen LogP contribution in [0.5, 0.6) is 5.75 Å². The van der Waals surface area contributed by atoms with E-state index in [1.165, 1.54) is 11.3 Å². The van der Waals surface area contributed by atoms with E-state index in [-0.39, 0.29) is 18.4 Å². The molecule has 1 aliphatic heterocycles. The zero-order valence-electron chi connectivity index (χ0n) is 13.3. The second-order valence-corrected chi connectivity index (χ2v) is 6.84. The first-order valence-corrected chi connectivity index (χ1v) is 8.94. The molecule has 0 bridgehead atoms. The number of benzene rings is 2. The van der Waals surface area contributed by atoms with Gasteiger partial charge in [0, 0.05) is 21.7 Å². The molecule has 2 aromatic carbocycles. The SMILES string of the molecule is O=C1COc2ccc(NC(=O)c3csc(-c4ccc(Cl)cc4)n3)cc2N1. The van der Waals surface area contributed by atoms with Gasteiger partial charge in [0.15, 0.2) is 6.61 Å². The average molecular weight is 386 g/mol. The van der Waals surface area contributed by atoms with Gasteiger partial charge < -0.3 is 15.4 Å². The number of nitrogens with zero attached hydrogens (tertiary/aromatic N) is 1. The molecule has 2 N–H and O–H groups in total. The van der Waals surface area contributed by atoms with E-state index < -0.39 is 0 Å². The van der Waals surface area contributed by atoms with Crippen molar-refractivity contribution in [3.8, 4) is 16.3 Å². The third-order valence-corrected chi connectivity index (χ3v) is 4.84. The third-order valence-electron chi connectivity index (χ3n) is 3.70. The van der Waals surface area contributed by atoms with Gasteiger partial charge in [0.2, 0.25) is 0 Å². The van der Waals surface area contributed by atoms with E-state index in [0.29, 0.717) is 27.8 Å². The van der Waals surface area contributed by atoms with Gasteiger partial charge in [-0.1, -0.05) is 23.7 Å². The summed E-state index contributed by atoms with van der Waals surface area (Å²) in [5.74, 6) is 0.0128. The fourth-order valence-electron chi connectivity index (χ4n) is 2.46. The Morgan fingerprint density at radius 1 is 1.23 bits per heavy atom. The number of ether oxygens (including phenoxy) is 1. The summed E-state index contributed by atoms with van der Waals surface area (Å²) >= 11 is 7.27. The maximum Gasteiger partial charge on any atom is 0.275 e. The van der Waals surface area contributed by atoms with Gasteiger partial charge >= 0.3 is 0 Å². The first-order chi connectivity index (χ1) is 12.6. The molecule has 2 heterocycles. The van der Waals surface area contributed by atoms with Crippen molar-refractivity contribution in [2.75, 3.05) is 17.2 Å². The van der Waals surface area contributed by atoms with Crippen molar-refractivity contribution in [1.82, 2.24) is 4.98 Å². The number of carbonyl (C=O) groups excluding carboxylic acids is 2. The number of amides is 2. The highest BCUT2D eigenvalue weighted by Gasteiger charge is 2.17. The van der Waals surface area contributed by atoms with E-state index >= 15 is 0 Å². The molecule has 1 aliphatic rings. The predicted molar refractivity (Wildman–Crippen MR) is 101 cm³/mol. The summed E-state index contributed by atoms with van der Waals surface area (Å²) in [6.07, 6.45) is 0. The fraction of sp³-hybridized carbons (Fsp3) is 0.0556. The van der Waals surface area contributed by atoms with Crippen molar-refractivity contribution in [1.29, 1.82) is 0 Å². The number of nitrogens with one attached hydrogen (secondary N) is 2. The van der Waals surface area contributed by atoms with Gasteiger partial charge in [0.1, 0.15) is 16.5 Å². The fourth-order valence-corrected chi connectivity index (χ4v) is 3.39. The van der Waals surface area contributed by atoms with Crippen LogP contribution >= 0.6 is 22.9 Å². The molecule has 0 unspecified atom stereocenters. The van der Waals surface area contributed by atoms with Crippen molar-refractivity contribution >= 4 is 46.1 Å². The average Bonchev–Trinajstić information content (AvgIpc) is 3.12. The Hall–Kier alpha value is -2.90. The van der Waals surface area contributed by atoms with E-state index in [1.54, 1.807) is 35.7 Å². The zero-order chi connectivity index (χ0) is 18.1. The van der Waals surface area contributed by atoms with Crippen LogP contribution in [0.25, 0.3) is 10.6 Å². The molecule has 1 aromatic heterocycles. The molecule has 3 aromatic rings. The van der Waals surface area contributed by atoms with Crippen molar-refractivity contribution in [2.24, 2.45) is 0 Å². The summed E-state index contributed by atoms with van der Waals surface area (Å²) in [4.78, 5) is 28.2. The van der Waals surface area contributed by atoms with Crippen molar-refractivity contribution < 1.29 is 14.3 Å². The topological polar surface area (TPSA) is 80.3 Å². The minimum atomic E-state index is -0.329. The number of carbonyl (C=O) groups is 2. The Morgan fingerprint density at radius 2 is 2.04 bits per heavy atom. The Labute approximate surface area is 157 Å². The molecule has 0 saturated heterocycles. The highest BCUT2D eigenvalue weighted by atomic mass is 35.5. The number of hydrogen-bond donors (Lipinski definition) is 2. The lowest BCUT2D eigenvalue weighted by Gasteiger charge is -2.18. The number of fused-ring (bicyclic) bond motifs is 1. The number of thiazole rings is 1. The molecule has 0 saturated carbocycles. The van der Waals surface area contributed by atoms with Gasteiger partial charge in [-0.2, -0.15) is 0 Å². The second-order valence-electron chi connectivity index (χ2n) is 5.55. The summed E-state index contributed by atoms with van der Waals surface area (Å²) in [6, 6.07) is 12.3. The lowest BCUT2D eigenvalue weighted by molar-refractivity contribution is -0.118. The number of aromatic nitrogens is 1. The molecule has 4 rings (SSSR count). The van der Waals surface area contributed by atoms with Crippen LogP contribution in [-0.2, 0) is 4.79 Å². The van der Waals surface area contributed by atoms with Crippen LogP contribution in [0.3, 0.4) is 0 Å². The maximum absolute atomic E-state index is 12.4. The summed E-state index contributed by atoms with van der Waals surface area (Å²) < 4.78 is 5.30. The van der Waals surface area contributed by atoms with E-state index in [9.17, 15) is 9.59 Å². The van der Waals surface area contributed by atoms with Crippen LogP contribution in [0.1, 0.15) is 10.5 Å². The predicted octanol–water partition coefficient (Wildman–Crippen LogP) is 4.05. The number of hydrogen-bond acceptors (Lipinski definition) is 5. The maximum atomic E-state index is 12.4. The Morgan fingerprint density at radius 3 is 2.85 bits per heavy atom. The first-order valence-electron chi connectivity index (χ1n) is 7.68. The number of rotatable bonds is 3. The Kier molecular flexibility index (Phi) is 4.32. The largest absolute Gasteiger partial charge is 0.482 e. The lowest BCUT2D eigenvalue weighted by Crippen LogP contribution is -2.25. The van der Waals surface area contributed by atoms with Crippen molar-refractivity contribution in [2.45, 2.75) is 0 Å². The van der Waals surface area contributed by atoms with Crippen molar-refractivity contribution in [3.05, 3.63) is 58.6 Å². The molecule has 0 atom stereocenters. The van der Waals surface area contributed by atoms with E-state index in [4.69, 9.17) is 16.3 Å².